The molecule has 0 bridgehead atoms. The molecule has 4 aromatic rings. The lowest BCUT2D eigenvalue weighted by atomic mass is 9.93. The second-order valence-corrected chi connectivity index (χ2v) is 5.13. The third-order valence-corrected chi connectivity index (χ3v) is 4.11. The Kier molecular flexibility index (Phi) is 2.30. The number of rotatable bonds is 2. The van der Waals surface area contributed by atoms with Gasteiger partial charge in [-0.15, -0.1) is 0 Å². The molecule has 0 atom stereocenters. The number of nitrogens with zero attached hydrogens (tertiary/aromatic N) is 1. The van der Waals surface area contributed by atoms with E-state index in [0.717, 1.165) is 32.6 Å². The van der Waals surface area contributed by atoms with E-state index in [2.05, 4.69) is 11.4 Å². The minimum Gasteiger partial charge on any atom is -0.388 e. The number of hydrogen-bond donors (Lipinski definition) is 1. The molecule has 4 heteroatoms. The van der Waals surface area contributed by atoms with Crippen LogP contribution in [0.25, 0.3) is 32.3 Å². The number of nitrogens with one attached hydrogen (secondary N) is 1. The van der Waals surface area contributed by atoms with Crippen LogP contribution >= 0.6 is 0 Å². The number of hydrogen-bond acceptors (Lipinski definition) is 3. The van der Waals surface area contributed by atoms with Crippen LogP contribution in [0.5, 0.6) is 0 Å². The molecule has 0 aliphatic heterocycles. The summed E-state index contributed by atoms with van der Waals surface area (Å²) >= 11 is 0. The second kappa shape index (κ2) is 4.06. The summed E-state index contributed by atoms with van der Waals surface area (Å²) in [4.78, 5) is 10.9. The summed E-state index contributed by atoms with van der Waals surface area (Å²) in [7, 11) is 1.88. The molecule has 0 aromatic heterocycles. The lowest BCUT2D eigenvalue weighted by molar-refractivity contribution is -0.383. The van der Waals surface area contributed by atoms with E-state index >= 15 is 0 Å². The van der Waals surface area contributed by atoms with Gasteiger partial charge in [0, 0.05) is 29.6 Å². The van der Waals surface area contributed by atoms with E-state index in [-0.39, 0.29) is 10.6 Å². The fourth-order valence-corrected chi connectivity index (χ4v) is 3.16. The highest BCUT2D eigenvalue weighted by Gasteiger charge is 2.17. The molecule has 0 fully saturated rings. The maximum Gasteiger partial charge on any atom is 0.277 e. The first-order chi connectivity index (χ1) is 10.2. The van der Waals surface area contributed by atoms with Crippen molar-refractivity contribution in [2.75, 3.05) is 12.4 Å². The Morgan fingerprint density at radius 3 is 2.10 bits per heavy atom. The van der Waals surface area contributed by atoms with Crippen molar-refractivity contribution in [3.8, 4) is 0 Å². The van der Waals surface area contributed by atoms with E-state index in [4.69, 9.17) is 0 Å². The van der Waals surface area contributed by atoms with Gasteiger partial charge >= 0.3 is 0 Å². The Morgan fingerprint density at radius 1 is 0.857 bits per heavy atom. The highest BCUT2D eigenvalue weighted by molar-refractivity contribution is 6.26. The molecule has 4 nitrogen and oxygen atoms in total. The van der Waals surface area contributed by atoms with E-state index in [1.54, 1.807) is 6.07 Å². The zero-order chi connectivity index (χ0) is 14.6. The summed E-state index contributed by atoms with van der Waals surface area (Å²) in [6, 6.07) is 15.4. The van der Waals surface area contributed by atoms with Gasteiger partial charge in [0.05, 0.1) is 10.3 Å². The number of nitro benzene ring substituents is 1. The Labute approximate surface area is 120 Å². The molecule has 102 valence electrons. The summed E-state index contributed by atoms with van der Waals surface area (Å²) < 4.78 is 0. The highest BCUT2D eigenvalue weighted by Crippen LogP contribution is 2.40. The van der Waals surface area contributed by atoms with Crippen molar-refractivity contribution >= 4 is 43.7 Å². The van der Waals surface area contributed by atoms with E-state index in [0.29, 0.717) is 5.39 Å². The van der Waals surface area contributed by atoms with Crippen LogP contribution < -0.4 is 5.32 Å². The van der Waals surface area contributed by atoms with Gasteiger partial charge in [-0.3, -0.25) is 10.1 Å². The van der Waals surface area contributed by atoms with Gasteiger partial charge in [0.1, 0.15) is 0 Å². The standard InChI is InChI=1S/C17H12N2O2/c1-18-14-8-4-10-3-7-13-15(19(20)21)9-5-11-2-6-12(14)16(10)17(11)13/h2-9,18H,1H3. The van der Waals surface area contributed by atoms with E-state index < -0.39 is 0 Å². The summed E-state index contributed by atoms with van der Waals surface area (Å²) in [5.41, 5.74) is 1.19. The lowest BCUT2D eigenvalue weighted by Gasteiger charge is -2.13. The molecular weight excluding hydrogens is 264 g/mol. The topological polar surface area (TPSA) is 55.2 Å². The molecule has 4 rings (SSSR count). The monoisotopic (exact) mass is 276 g/mol. The quantitative estimate of drug-likeness (QED) is 0.332. The van der Waals surface area contributed by atoms with Gasteiger partial charge in [-0.05, 0) is 34.4 Å². The molecule has 21 heavy (non-hydrogen) atoms. The second-order valence-electron chi connectivity index (χ2n) is 5.13. The molecule has 0 aliphatic rings. The third kappa shape index (κ3) is 1.50. The Balaban J connectivity index is 2.33. The van der Waals surface area contributed by atoms with Crippen molar-refractivity contribution in [3.05, 3.63) is 58.6 Å². The average Bonchev–Trinajstić information content (AvgIpc) is 2.51. The van der Waals surface area contributed by atoms with Crippen LogP contribution in [-0.2, 0) is 0 Å². The normalized spacial score (nSPS) is 11.5. The SMILES string of the molecule is CNc1ccc2ccc3c([N+](=O)[O-])ccc4ccc1c2c43. The molecule has 0 spiro atoms. The summed E-state index contributed by atoms with van der Waals surface area (Å²) in [6.45, 7) is 0. The number of benzene rings is 4. The zero-order valence-electron chi connectivity index (χ0n) is 11.4. The van der Waals surface area contributed by atoms with Gasteiger partial charge in [-0.1, -0.05) is 24.3 Å². The predicted octanol–water partition coefficient (Wildman–Crippen LogP) is 4.53. The molecule has 0 saturated carbocycles. The summed E-state index contributed by atoms with van der Waals surface area (Å²) in [5, 5.41) is 20.4. The molecule has 0 aliphatic carbocycles. The van der Waals surface area contributed by atoms with Crippen LogP contribution in [0.4, 0.5) is 11.4 Å². The number of nitro groups is 1. The lowest BCUT2D eigenvalue weighted by Crippen LogP contribution is -1.94. The highest BCUT2D eigenvalue weighted by atomic mass is 16.6. The van der Waals surface area contributed by atoms with Crippen LogP contribution in [0.15, 0.2) is 48.5 Å². The molecule has 1 N–H and O–H groups in total. The molecule has 0 radical (unpaired) electrons. The predicted molar refractivity (Wildman–Crippen MR) is 86.3 cm³/mol. The first kappa shape index (κ1) is 11.9. The van der Waals surface area contributed by atoms with Crippen molar-refractivity contribution in [1.82, 2.24) is 0 Å². The zero-order valence-corrected chi connectivity index (χ0v) is 11.4. The van der Waals surface area contributed by atoms with Gasteiger partial charge in [-0.2, -0.15) is 0 Å². The van der Waals surface area contributed by atoms with Gasteiger partial charge in [-0.25, -0.2) is 0 Å². The largest absolute Gasteiger partial charge is 0.388 e. The fourth-order valence-electron chi connectivity index (χ4n) is 3.16. The van der Waals surface area contributed by atoms with Gasteiger partial charge in [0.15, 0.2) is 0 Å². The number of anilines is 1. The van der Waals surface area contributed by atoms with Crippen molar-refractivity contribution in [2.24, 2.45) is 0 Å². The van der Waals surface area contributed by atoms with Crippen molar-refractivity contribution < 1.29 is 4.92 Å². The van der Waals surface area contributed by atoms with E-state index in [9.17, 15) is 10.1 Å². The van der Waals surface area contributed by atoms with Crippen LogP contribution in [0.3, 0.4) is 0 Å². The minimum atomic E-state index is -0.315. The third-order valence-electron chi connectivity index (χ3n) is 4.11. The number of non-ortho nitro benzene ring substituents is 1. The maximum atomic E-state index is 11.3. The van der Waals surface area contributed by atoms with E-state index in [1.807, 2.05) is 43.4 Å². The summed E-state index contributed by atoms with van der Waals surface area (Å²) in [5.74, 6) is 0. The Morgan fingerprint density at radius 2 is 1.43 bits per heavy atom. The Bertz CT molecular complexity index is 1010. The van der Waals surface area contributed by atoms with Crippen LogP contribution in [0, 0.1) is 10.1 Å². The molecule has 0 amide bonds. The minimum absolute atomic E-state index is 0.159. The summed E-state index contributed by atoms with van der Waals surface area (Å²) in [6.07, 6.45) is 0. The molecule has 0 heterocycles. The van der Waals surface area contributed by atoms with Crippen LogP contribution in [-0.4, -0.2) is 12.0 Å². The van der Waals surface area contributed by atoms with Gasteiger partial charge < -0.3 is 5.32 Å². The van der Waals surface area contributed by atoms with Crippen LogP contribution in [0.1, 0.15) is 0 Å². The fraction of sp³-hybridized carbons (Fsp3) is 0.0588. The van der Waals surface area contributed by atoms with Crippen molar-refractivity contribution in [3.63, 3.8) is 0 Å². The van der Waals surface area contributed by atoms with Crippen molar-refractivity contribution in [1.29, 1.82) is 0 Å². The maximum absolute atomic E-state index is 11.3. The average molecular weight is 276 g/mol. The van der Waals surface area contributed by atoms with E-state index in [1.165, 1.54) is 0 Å². The van der Waals surface area contributed by atoms with Crippen molar-refractivity contribution in [2.45, 2.75) is 0 Å². The van der Waals surface area contributed by atoms with Gasteiger partial charge in [0.25, 0.3) is 5.69 Å². The van der Waals surface area contributed by atoms with Gasteiger partial charge in [0.2, 0.25) is 0 Å². The first-order valence-corrected chi connectivity index (χ1v) is 6.73. The molecule has 4 aromatic carbocycles. The Hall–Kier alpha value is -2.88. The molecular formula is C17H12N2O2. The van der Waals surface area contributed by atoms with Crippen LogP contribution in [0.2, 0.25) is 0 Å². The molecule has 0 saturated heterocycles. The first-order valence-electron chi connectivity index (χ1n) is 6.73. The smallest absolute Gasteiger partial charge is 0.277 e. The molecule has 0 unspecified atom stereocenters.